The molecule has 1 unspecified atom stereocenters. The summed E-state index contributed by atoms with van der Waals surface area (Å²) < 4.78 is 36.7. The lowest BCUT2D eigenvalue weighted by Gasteiger charge is -2.26. The molecule has 0 heterocycles. The molecule has 116 valence electrons. The lowest BCUT2D eigenvalue weighted by molar-refractivity contribution is -0.336. The number of benzene rings is 1. The third-order valence-electron chi connectivity index (χ3n) is 2.48. The number of ether oxygens (including phenoxy) is 2. The summed E-state index contributed by atoms with van der Waals surface area (Å²) in [4.78, 5) is 21.9. The maximum Gasteiger partial charge on any atom is 0.514 e. The van der Waals surface area contributed by atoms with E-state index in [9.17, 15) is 23.5 Å². The fourth-order valence-electron chi connectivity index (χ4n) is 1.45. The van der Waals surface area contributed by atoms with Crippen molar-refractivity contribution in [1.29, 1.82) is 0 Å². The monoisotopic (exact) mass is 413 g/mol. The maximum atomic E-state index is 13.4. The SMILES string of the molecule is CCCC(OC(=O)Oc1ccc(I)cc1)C(F)(F)C(=O)[O-]. The molecule has 8 heteroatoms. The molecule has 0 saturated carbocycles. The molecule has 0 aromatic heterocycles. The Morgan fingerprint density at radius 1 is 1.33 bits per heavy atom. The van der Waals surface area contributed by atoms with E-state index in [0.29, 0.717) is 0 Å². The van der Waals surface area contributed by atoms with E-state index >= 15 is 0 Å². The highest BCUT2D eigenvalue weighted by molar-refractivity contribution is 14.1. The van der Waals surface area contributed by atoms with Crippen LogP contribution < -0.4 is 9.84 Å². The molecule has 1 aromatic carbocycles. The first-order valence-corrected chi connectivity index (χ1v) is 7.08. The quantitative estimate of drug-likeness (QED) is 0.407. The Morgan fingerprint density at radius 2 is 1.90 bits per heavy atom. The molecule has 21 heavy (non-hydrogen) atoms. The molecular weight excluding hydrogens is 401 g/mol. The van der Waals surface area contributed by atoms with Crippen LogP contribution in [0.15, 0.2) is 24.3 Å². The standard InChI is InChI=1S/C13H13F2IO5/c1-2-3-10(13(14,15)11(17)18)21-12(19)20-9-6-4-8(16)5-7-9/h4-7,10H,2-3H2,1H3,(H,17,18)/p-1. The van der Waals surface area contributed by atoms with Gasteiger partial charge in [0.2, 0.25) is 0 Å². The lowest BCUT2D eigenvalue weighted by atomic mass is 10.1. The van der Waals surface area contributed by atoms with Crippen LogP contribution in [0.5, 0.6) is 5.75 Å². The number of alkyl halides is 2. The molecular formula is C13H12F2IO5-. The Kier molecular flexibility index (Phi) is 6.31. The average molecular weight is 413 g/mol. The van der Waals surface area contributed by atoms with Crippen LogP contribution in [0, 0.1) is 3.57 Å². The predicted octanol–water partition coefficient (Wildman–Crippen LogP) is 2.36. The summed E-state index contributed by atoms with van der Waals surface area (Å²) in [5.41, 5.74) is 0. The van der Waals surface area contributed by atoms with E-state index in [-0.39, 0.29) is 18.6 Å². The van der Waals surface area contributed by atoms with Gasteiger partial charge in [-0.2, -0.15) is 8.78 Å². The van der Waals surface area contributed by atoms with Crippen LogP contribution >= 0.6 is 22.6 Å². The van der Waals surface area contributed by atoms with Gasteiger partial charge in [-0.05, 0) is 53.3 Å². The molecule has 0 aliphatic heterocycles. The average Bonchev–Trinajstić information content (AvgIpc) is 2.40. The molecule has 1 aromatic rings. The van der Waals surface area contributed by atoms with Gasteiger partial charge in [-0.1, -0.05) is 13.3 Å². The summed E-state index contributed by atoms with van der Waals surface area (Å²) in [6.07, 6.45) is -3.66. The highest BCUT2D eigenvalue weighted by Gasteiger charge is 2.44. The minimum absolute atomic E-state index is 0.104. The van der Waals surface area contributed by atoms with Crippen molar-refractivity contribution in [3.63, 3.8) is 0 Å². The van der Waals surface area contributed by atoms with Crippen molar-refractivity contribution in [3.8, 4) is 5.75 Å². The Balaban J connectivity index is 2.73. The molecule has 1 atom stereocenters. The van der Waals surface area contributed by atoms with Crippen LogP contribution in [-0.4, -0.2) is 24.2 Å². The van der Waals surface area contributed by atoms with Crippen molar-refractivity contribution in [3.05, 3.63) is 27.8 Å². The number of hydrogen-bond acceptors (Lipinski definition) is 5. The minimum atomic E-state index is -4.28. The zero-order valence-electron chi connectivity index (χ0n) is 11.0. The summed E-state index contributed by atoms with van der Waals surface area (Å²) in [6.45, 7) is 1.55. The van der Waals surface area contributed by atoms with E-state index in [1.807, 2.05) is 22.6 Å². The third kappa shape index (κ3) is 5.10. The zero-order chi connectivity index (χ0) is 16.0. The number of halogens is 3. The van der Waals surface area contributed by atoms with Gasteiger partial charge in [-0.25, -0.2) is 4.79 Å². The van der Waals surface area contributed by atoms with E-state index < -0.39 is 24.2 Å². The smallest absolute Gasteiger partial charge is 0.514 e. The van der Waals surface area contributed by atoms with Crippen LogP contribution in [0.3, 0.4) is 0 Å². The second-order valence-electron chi connectivity index (χ2n) is 4.11. The van der Waals surface area contributed by atoms with Crippen LogP contribution in [0.4, 0.5) is 13.6 Å². The van der Waals surface area contributed by atoms with Crippen molar-refractivity contribution < 1.29 is 33.0 Å². The van der Waals surface area contributed by atoms with Crippen LogP contribution in [0.2, 0.25) is 0 Å². The summed E-state index contributed by atoms with van der Waals surface area (Å²) in [5, 5.41) is 10.4. The third-order valence-corrected chi connectivity index (χ3v) is 3.20. The van der Waals surface area contributed by atoms with Gasteiger partial charge < -0.3 is 19.4 Å². The molecule has 0 radical (unpaired) electrons. The number of rotatable bonds is 6. The molecule has 1 rings (SSSR count). The van der Waals surface area contributed by atoms with Gasteiger partial charge in [0.1, 0.15) is 11.7 Å². The minimum Gasteiger partial charge on any atom is -0.544 e. The number of carboxylic acid groups (broad SMARTS) is 1. The van der Waals surface area contributed by atoms with Crippen molar-refractivity contribution in [2.45, 2.75) is 31.8 Å². The molecule has 0 N–H and O–H groups in total. The maximum absolute atomic E-state index is 13.4. The molecule has 0 aliphatic rings. The normalized spacial score (nSPS) is 12.6. The Bertz CT molecular complexity index is 504. The van der Waals surface area contributed by atoms with Crippen LogP contribution in [0.1, 0.15) is 19.8 Å². The summed E-state index contributed by atoms with van der Waals surface area (Å²) in [7, 11) is 0. The van der Waals surface area contributed by atoms with E-state index in [0.717, 1.165) is 3.57 Å². The van der Waals surface area contributed by atoms with Crippen molar-refractivity contribution >= 4 is 34.7 Å². The van der Waals surface area contributed by atoms with Gasteiger partial charge in [0, 0.05) is 3.57 Å². The fourth-order valence-corrected chi connectivity index (χ4v) is 1.81. The lowest BCUT2D eigenvalue weighted by Crippen LogP contribution is -2.51. The second kappa shape index (κ2) is 7.53. The van der Waals surface area contributed by atoms with Gasteiger partial charge >= 0.3 is 12.1 Å². The largest absolute Gasteiger partial charge is 0.544 e. The number of carboxylic acids is 1. The van der Waals surface area contributed by atoms with Gasteiger partial charge in [-0.3, -0.25) is 0 Å². The Labute approximate surface area is 133 Å². The first-order chi connectivity index (χ1) is 9.77. The van der Waals surface area contributed by atoms with E-state index in [4.69, 9.17) is 4.74 Å². The topological polar surface area (TPSA) is 75.7 Å². The van der Waals surface area contributed by atoms with Gasteiger partial charge in [0.05, 0.1) is 0 Å². The fraction of sp³-hybridized carbons (Fsp3) is 0.385. The van der Waals surface area contributed by atoms with Gasteiger partial charge in [0.25, 0.3) is 0 Å². The highest BCUT2D eigenvalue weighted by atomic mass is 127. The van der Waals surface area contributed by atoms with Crippen molar-refractivity contribution in [2.24, 2.45) is 0 Å². The first-order valence-electron chi connectivity index (χ1n) is 6.00. The number of carbonyl (C=O) groups is 2. The number of hydrogen-bond donors (Lipinski definition) is 0. The molecule has 5 nitrogen and oxygen atoms in total. The van der Waals surface area contributed by atoms with Crippen molar-refractivity contribution in [1.82, 2.24) is 0 Å². The van der Waals surface area contributed by atoms with E-state index in [1.165, 1.54) is 12.1 Å². The first kappa shape index (κ1) is 17.6. The molecule has 0 fully saturated rings. The summed E-state index contributed by atoms with van der Waals surface area (Å²) >= 11 is 2.04. The Morgan fingerprint density at radius 3 is 2.38 bits per heavy atom. The molecule has 0 bridgehead atoms. The number of aliphatic carboxylic acids is 1. The van der Waals surface area contributed by atoms with E-state index in [2.05, 4.69) is 4.74 Å². The molecule has 0 saturated heterocycles. The van der Waals surface area contributed by atoms with Crippen LogP contribution in [0.25, 0.3) is 0 Å². The molecule has 0 amide bonds. The van der Waals surface area contributed by atoms with Crippen molar-refractivity contribution in [2.75, 3.05) is 0 Å². The Hall–Kier alpha value is -1.45. The predicted molar refractivity (Wildman–Crippen MR) is 74.9 cm³/mol. The summed E-state index contributed by atoms with van der Waals surface area (Å²) in [6, 6.07) is 6.19. The molecule has 0 aliphatic carbocycles. The second-order valence-corrected chi connectivity index (χ2v) is 5.36. The van der Waals surface area contributed by atoms with E-state index in [1.54, 1.807) is 19.1 Å². The van der Waals surface area contributed by atoms with Gasteiger partial charge in [-0.15, -0.1) is 0 Å². The zero-order valence-corrected chi connectivity index (χ0v) is 13.1. The highest BCUT2D eigenvalue weighted by Crippen LogP contribution is 2.25. The molecule has 0 spiro atoms. The van der Waals surface area contributed by atoms with Crippen LogP contribution in [-0.2, 0) is 9.53 Å². The number of carbonyl (C=O) groups excluding carboxylic acids is 2. The summed E-state index contributed by atoms with van der Waals surface area (Å²) in [5.74, 6) is -6.77. The van der Waals surface area contributed by atoms with Gasteiger partial charge in [0.15, 0.2) is 6.10 Å².